The molecule has 4 aromatic rings. The number of carbonyl (C=O) groups excluding carboxylic acids is 2. The van der Waals surface area contributed by atoms with E-state index in [1.54, 1.807) is 23.5 Å². The number of ether oxygens (including phenoxy) is 1. The van der Waals surface area contributed by atoms with E-state index in [1.807, 2.05) is 57.9 Å². The van der Waals surface area contributed by atoms with Crippen LogP contribution < -0.4 is 44.9 Å². The van der Waals surface area contributed by atoms with Crippen molar-refractivity contribution in [1.82, 2.24) is 15.6 Å². The second kappa shape index (κ2) is 14.7. The van der Waals surface area contributed by atoms with Crippen LogP contribution in [0.5, 0.6) is 0 Å². The average Bonchev–Trinajstić information content (AvgIpc) is 3.61. The Kier molecular flexibility index (Phi) is 11.7. The third kappa shape index (κ3) is 9.41. The van der Waals surface area contributed by atoms with Crippen molar-refractivity contribution in [2.45, 2.75) is 24.9 Å². The topological polar surface area (TPSA) is 150 Å². The molecule has 40 heavy (non-hydrogen) atoms. The Bertz CT molecular complexity index is 1500. The number of nitrogens with one attached hydrogen (secondary N) is 3. The Balaban J connectivity index is 0.00000441. The first kappa shape index (κ1) is 31.7. The Morgan fingerprint density at radius 1 is 0.950 bits per heavy atom. The predicted octanol–water partition coefficient (Wildman–Crippen LogP) is 1.12. The number of hydrogen-bond donors (Lipinski definition) is 3. The number of anilines is 1. The molecule has 0 saturated carbocycles. The van der Waals surface area contributed by atoms with E-state index in [0.29, 0.717) is 12.1 Å². The van der Waals surface area contributed by atoms with Crippen molar-refractivity contribution in [2.24, 2.45) is 0 Å². The van der Waals surface area contributed by atoms with Gasteiger partial charge in [0.05, 0.1) is 23.7 Å². The van der Waals surface area contributed by atoms with Gasteiger partial charge in [-0.2, -0.15) is 0 Å². The Labute approximate surface area is 262 Å². The molecule has 2 amide bonds. The van der Waals surface area contributed by atoms with Crippen LogP contribution in [0.4, 0.5) is 10.5 Å². The van der Waals surface area contributed by atoms with Crippen LogP contribution in [0.15, 0.2) is 77.5 Å². The van der Waals surface area contributed by atoms with Gasteiger partial charge in [0.25, 0.3) is 0 Å². The van der Waals surface area contributed by atoms with Crippen LogP contribution in [0.2, 0.25) is 0 Å². The van der Waals surface area contributed by atoms with E-state index in [1.165, 1.54) is 30.6 Å². The van der Waals surface area contributed by atoms with Gasteiger partial charge in [0.2, 0.25) is 5.91 Å². The largest absolute Gasteiger partial charge is 1.00 e. The fraction of sp³-hybridized carbons (Fsp3) is 0.192. The predicted molar refractivity (Wildman–Crippen MR) is 149 cm³/mol. The van der Waals surface area contributed by atoms with Crippen LogP contribution in [0.3, 0.4) is 0 Å². The number of amides is 2. The molecule has 10 nitrogen and oxygen atoms in total. The fourth-order valence-corrected chi connectivity index (χ4v) is 5.92. The SMILES string of the molecule is COC(=O)N[C@@H](Cc1ccccc1)C(=O)N[C@@H](Cc1ccc(NS(=O)(=O)[O-])cc1)c1csc(-c2cccs2)n1.[Na+]. The van der Waals surface area contributed by atoms with Gasteiger partial charge in [-0.3, -0.25) is 9.52 Å². The number of benzene rings is 2. The van der Waals surface area contributed by atoms with Crippen LogP contribution in [0, 0.1) is 0 Å². The summed E-state index contributed by atoms with van der Waals surface area (Å²) in [5.41, 5.74) is 2.39. The van der Waals surface area contributed by atoms with Crippen LogP contribution >= 0.6 is 22.7 Å². The van der Waals surface area contributed by atoms with Gasteiger partial charge in [-0.1, -0.05) is 48.5 Å². The summed E-state index contributed by atoms with van der Waals surface area (Å²) in [6.07, 6.45) is -0.163. The zero-order valence-corrected chi connectivity index (χ0v) is 26.1. The third-order valence-electron chi connectivity index (χ3n) is 5.64. The van der Waals surface area contributed by atoms with Crippen LogP contribution in [0.1, 0.15) is 22.9 Å². The van der Waals surface area contributed by atoms with E-state index in [2.05, 4.69) is 10.6 Å². The van der Waals surface area contributed by atoms with Gasteiger partial charge < -0.3 is 19.9 Å². The number of rotatable bonds is 11. The monoisotopic (exact) mass is 608 g/mol. The summed E-state index contributed by atoms with van der Waals surface area (Å²) < 4.78 is 39.6. The van der Waals surface area contributed by atoms with Gasteiger partial charge in [0, 0.05) is 17.5 Å². The Morgan fingerprint density at radius 2 is 1.65 bits per heavy atom. The van der Waals surface area contributed by atoms with Crippen molar-refractivity contribution >= 4 is 50.7 Å². The molecule has 2 aromatic carbocycles. The number of aromatic nitrogens is 1. The van der Waals surface area contributed by atoms with E-state index in [9.17, 15) is 22.6 Å². The second-order valence-corrected chi connectivity index (χ2v) is 11.4. The van der Waals surface area contributed by atoms with Gasteiger partial charge in [-0.15, -0.1) is 22.7 Å². The third-order valence-corrected chi connectivity index (χ3v) is 8.03. The molecule has 0 spiro atoms. The maximum atomic E-state index is 13.5. The maximum absolute atomic E-state index is 13.5. The first-order valence-electron chi connectivity index (χ1n) is 11.7. The first-order chi connectivity index (χ1) is 18.7. The molecular formula is C26H25N4NaO6S3. The van der Waals surface area contributed by atoms with Crippen molar-refractivity contribution in [3.63, 3.8) is 0 Å². The molecule has 204 valence electrons. The number of thiophene rings is 1. The summed E-state index contributed by atoms with van der Waals surface area (Å²) in [5, 5.41) is 10.3. The van der Waals surface area contributed by atoms with E-state index in [0.717, 1.165) is 21.0 Å². The van der Waals surface area contributed by atoms with Gasteiger partial charge in [0.1, 0.15) is 11.0 Å². The summed E-state index contributed by atoms with van der Waals surface area (Å²) >= 11 is 3.01. The first-order valence-corrected chi connectivity index (χ1v) is 14.9. The van der Waals surface area contributed by atoms with Crippen LogP contribution in [-0.2, 0) is 32.7 Å². The number of methoxy groups -OCH3 is 1. The van der Waals surface area contributed by atoms with Crippen molar-refractivity contribution in [3.05, 3.63) is 94.3 Å². The minimum atomic E-state index is -4.65. The maximum Gasteiger partial charge on any atom is 1.00 e. The number of thiazole rings is 1. The molecule has 0 bridgehead atoms. The van der Waals surface area contributed by atoms with Crippen molar-refractivity contribution in [2.75, 3.05) is 11.8 Å². The average molecular weight is 609 g/mol. The summed E-state index contributed by atoms with van der Waals surface area (Å²) in [6.45, 7) is 0. The molecule has 0 fully saturated rings. The Hall–Kier alpha value is -2.78. The molecule has 0 radical (unpaired) electrons. The minimum absolute atomic E-state index is 0. The fourth-order valence-electron chi connectivity index (χ4n) is 3.81. The molecule has 2 aromatic heterocycles. The Morgan fingerprint density at radius 3 is 2.27 bits per heavy atom. The van der Waals surface area contributed by atoms with Gasteiger partial charge >= 0.3 is 35.7 Å². The molecule has 0 aliphatic rings. The number of carbonyl (C=O) groups is 2. The zero-order valence-electron chi connectivity index (χ0n) is 21.7. The van der Waals surface area contributed by atoms with E-state index in [4.69, 9.17) is 9.72 Å². The number of nitrogens with zero attached hydrogens (tertiary/aromatic N) is 1. The second-order valence-electron chi connectivity index (χ2n) is 8.45. The molecule has 4 rings (SSSR count). The summed E-state index contributed by atoms with van der Waals surface area (Å²) in [5.74, 6) is -0.421. The van der Waals surface area contributed by atoms with Gasteiger partial charge in [-0.05, 0) is 41.1 Å². The van der Waals surface area contributed by atoms with Gasteiger partial charge in [0.15, 0.2) is 10.3 Å². The van der Waals surface area contributed by atoms with Crippen molar-refractivity contribution in [3.8, 4) is 9.88 Å². The standard InChI is InChI=1S/C26H26N4O6S3.Na/c1-36-26(32)29-21(15-17-6-3-2-4-7-17)24(31)27-20(22-16-38-25(28-22)23-8-5-13-37-23)14-18-9-11-19(12-10-18)30-39(33,34)35;/h2-13,16,20-21,30H,14-15H2,1H3,(H,27,31)(H,29,32)(H,33,34,35);/q;+1/p-1/t20-,21-;/m0./s1. The quantitative estimate of drug-likeness (QED) is 0.171. The number of alkyl carbamates (subject to hydrolysis) is 1. The molecule has 2 atom stereocenters. The molecule has 14 heteroatoms. The summed E-state index contributed by atoms with van der Waals surface area (Å²) in [7, 11) is -3.42. The smallest absolute Gasteiger partial charge is 0.731 e. The van der Waals surface area contributed by atoms with Crippen LogP contribution in [0.25, 0.3) is 9.88 Å². The van der Waals surface area contributed by atoms with E-state index in [-0.39, 0.29) is 41.7 Å². The van der Waals surface area contributed by atoms with E-state index >= 15 is 0 Å². The minimum Gasteiger partial charge on any atom is -0.731 e. The molecule has 0 aliphatic carbocycles. The van der Waals surface area contributed by atoms with Crippen LogP contribution in [-0.4, -0.2) is 43.1 Å². The molecule has 3 N–H and O–H groups in total. The number of hydrogen-bond acceptors (Lipinski definition) is 9. The molecule has 0 aliphatic heterocycles. The van der Waals surface area contributed by atoms with Crippen molar-refractivity contribution < 1.29 is 56.9 Å². The molecule has 0 saturated heterocycles. The van der Waals surface area contributed by atoms with Gasteiger partial charge in [-0.25, -0.2) is 18.2 Å². The van der Waals surface area contributed by atoms with Crippen molar-refractivity contribution in [1.29, 1.82) is 0 Å². The molecule has 0 unspecified atom stereocenters. The summed E-state index contributed by atoms with van der Waals surface area (Å²) in [6, 6.07) is 18.0. The zero-order chi connectivity index (χ0) is 27.8. The molecule has 2 heterocycles. The summed E-state index contributed by atoms with van der Waals surface area (Å²) in [4.78, 5) is 31.3. The van der Waals surface area contributed by atoms with E-state index < -0.39 is 34.4 Å². The molecular weight excluding hydrogens is 583 g/mol. The normalized spacial score (nSPS) is 12.4.